The number of rotatable bonds is 0. The molecular formula is MoO9Zr3-6. The summed E-state index contributed by atoms with van der Waals surface area (Å²) in [5.74, 6) is 0. The van der Waals surface area contributed by atoms with Crippen LogP contribution in [0.5, 0.6) is 0 Å². The van der Waals surface area contributed by atoms with Crippen LogP contribution >= 0.6 is 0 Å². The Morgan fingerprint density at radius 3 is 0.538 bits per heavy atom. The minimum absolute atomic E-state index is 0. The van der Waals surface area contributed by atoms with E-state index in [1.807, 2.05) is 0 Å². The van der Waals surface area contributed by atoms with Gasteiger partial charge in [0.2, 0.25) is 0 Å². The summed E-state index contributed by atoms with van der Waals surface area (Å²) in [5, 5.41) is 0. The van der Waals surface area contributed by atoms with E-state index in [0.717, 1.165) is 0 Å². The zero-order valence-electron chi connectivity index (χ0n) is 5.58. The molecule has 78 valence electrons. The summed E-state index contributed by atoms with van der Waals surface area (Å²) >= 11 is -12.9. The molecule has 0 saturated carbocycles. The molecule has 13 heteroatoms. The Kier molecular flexibility index (Phi) is 37.9. The molecule has 9 nitrogen and oxygen atoms in total. The van der Waals surface area contributed by atoms with Crippen LogP contribution in [0.15, 0.2) is 0 Å². The van der Waals surface area contributed by atoms with Gasteiger partial charge in [-0.15, -0.1) is 0 Å². The molecule has 0 fully saturated rings. The van der Waals surface area contributed by atoms with Crippen molar-refractivity contribution in [3.8, 4) is 0 Å². The topological polar surface area (TPSA) is 190 Å². The van der Waals surface area contributed by atoms with Gasteiger partial charge in [-0.1, -0.05) is 0 Å². The molecule has 0 aliphatic rings. The summed E-state index contributed by atoms with van der Waals surface area (Å²) in [7, 11) is 0. The Balaban J connectivity index is -0.0000000450. The predicted molar refractivity (Wildman–Crippen MR) is 2.06 cm³/mol. The van der Waals surface area contributed by atoms with Crippen LogP contribution in [0.2, 0.25) is 0 Å². The van der Waals surface area contributed by atoms with Crippen LogP contribution in [0.4, 0.5) is 0 Å². The average molecular weight is 514 g/mol. The Labute approximate surface area is 114 Å². The van der Waals surface area contributed by atoms with Gasteiger partial charge < -0.3 is 0 Å². The second kappa shape index (κ2) is 20.0. The van der Waals surface area contributed by atoms with Gasteiger partial charge in [0.05, 0.1) is 0 Å². The van der Waals surface area contributed by atoms with E-state index < -0.39 is 67.9 Å². The fourth-order valence-electron chi connectivity index (χ4n) is 0. The van der Waals surface area contributed by atoms with E-state index in [1.165, 1.54) is 0 Å². The first-order chi connectivity index (χ1) is 5.20. The van der Waals surface area contributed by atoms with Gasteiger partial charge in [0.25, 0.3) is 0 Å². The molecule has 0 unspecified atom stereocenters. The van der Waals surface area contributed by atoms with E-state index >= 15 is 0 Å². The molecule has 0 amide bonds. The molecular weight excluding hydrogens is 514 g/mol. The van der Waals surface area contributed by atoms with Crippen LogP contribution in [0.1, 0.15) is 0 Å². The Bertz CT molecular complexity index is 112. The first-order valence-corrected chi connectivity index (χ1v) is 10.9. The second-order valence-corrected chi connectivity index (χ2v) is 4.44. The average Bonchev–Trinajstić information content (AvgIpc) is 1.54. The van der Waals surface area contributed by atoms with Crippen LogP contribution in [0, 0.1) is 0 Å². The molecule has 0 aliphatic carbocycles. The molecule has 13 heavy (non-hydrogen) atoms. The summed E-state index contributed by atoms with van der Waals surface area (Å²) in [5.41, 5.74) is 0. The number of hydrogen-bond donors (Lipinski definition) is 0. The standard InChI is InChI=1S/Mo.9O.3Zr/q;;;;6*-1;;;. The molecule has 0 bridgehead atoms. The van der Waals surface area contributed by atoms with E-state index in [2.05, 4.69) is 0 Å². The summed E-state index contributed by atoms with van der Waals surface area (Å²) in [6.45, 7) is 0. The van der Waals surface area contributed by atoms with Gasteiger partial charge in [0.1, 0.15) is 0 Å². The van der Waals surface area contributed by atoms with Gasteiger partial charge in [-0.25, -0.2) is 0 Å². The van der Waals surface area contributed by atoms with E-state index in [9.17, 15) is 0 Å². The molecule has 0 radical (unpaired) electrons. The van der Waals surface area contributed by atoms with E-state index in [1.54, 1.807) is 0 Å². The Morgan fingerprint density at radius 1 is 0.538 bits per heavy atom. The van der Waals surface area contributed by atoms with Crippen molar-refractivity contribution < 1.29 is 117 Å². The Hall–Kier alpha value is 2.50. The van der Waals surface area contributed by atoms with Crippen LogP contribution in [0.3, 0.4) is 0 Å². The van der Waals surface area contributed by atoms with Crippen molar-refractivity contribution in [2.75, 3.05) is 0 Å². The number of hydrogen-bond acceptors (Lipinski definition) is 9. The molecule has 0 aromatic carbocycles. The zero-order valence-corrected chi connectivity index (χ0v) is 15.0. The Morgan fingerprint density at radius 2 is 0.538 bits per heavy atom. The fourth-order valence-corrected chi connectivity index (χ4v) is 0. The minimum atomic E-state index is -4.29. The molecule has 0 aliphatic heterocycles. The van der Waals surface area contributed by atoms with Gasteiger partial charge >= 0.3 is 95.4 Å². The van der Waals surface area contributed by atoms with Gasteiger partial charge in [-0.2, -0.15) is 0 Å². The van der Waals surface area contributed by atoms with E-state index in [4.69, 9.17) is 27.5 Å². The van der Waals surface area contributed by atoms with E-state index in [-0.39, 0.29) is 21.1 Å². The second-order valence-electron chi connectivity index (χ2n) is 0.750. The summed E-state index contributed by atoms with van der Waals surface area (Å²) < 4.78 is 77.5. The van der Waals surface area contributed by atoms with Crippen molar-refractivity contribution in [2.24, 2.45) is 0 Å². The van der Waals surface area contributed by atoms with Gasteiger partial charge in [-0.3, -0.25) is 0 Å². The van der Waals surface area contributed by atoms with Crippen LogP contribution in [0.25, 0.3) is 0 Å². The van der Waals surface area contributed by atoms with Gasteiger partial charge in [-0.05, 0) is 0 Å². The van der Waals surface area contributed by atoms with Crippen molar-refractivity contribution in [1.29, 1.82) is 0 Å². The van der Waals surface area contributed by atoms with Gasteiger partial charge in [0, 0.05) is 21.1 Å². The molecule has 0 rings (SSSR count). The van der Waals surface area contributed by atoms with Crippen molar-refractivity contribution >= 4 is 0 Å². The molecule has 0 N–H and O–H groups in total. The molecule has 0 saturated heterocycles. The molecule has 0 aromatic heterocycles. The monoisotopic (exact) mass is 512 g/mol. The zero-order chi connectivity index (χ0) is 10.7. The maximum atomic E-state index is 8.61. The first-order valence-electron chi connectivity index (χ1n) is 1.84. The SMILES string of the molecule is [Mo].[O]=[Zr]([O-])[O-].[O]=[Zr]([O-])[O-].[O]=[Zr]([O-])[O-]. The molecule has 0 heterocycles. The molecule has 0 atom stereocenters. The van der Waals surface area contributed by atoms with Crippen molar-refractivity contribution in [1.82, 2.24) is 0 Å². The summed E-state index contributed by atoms with van der Waals surface area (Å²) in [6.07, 6.45) is 0. The third-order valence-corrected chi connectivity index (χ3v) is 0. The summed E-state index contributed by atoms with van der Waals surface area (Å²) in [4.78, 5) is 0. The fraction of sp³-hybridized carbons (Fsp3) is 0. The van der Waals surface area contributed by atoms with Gasteiger partial charge in [0.15, 0.2) is 0 Å². The van der Waals surface area contributed by atoms with E-state index in [0.29, 0.717) is 0 Å². The normalized spacial score (nSPS) is 6.00. The van der Waals surface area contributed by atoms with Crippen LogP contribution < -0.4 is 19.1 Å². The van der Waals surface area contributed by atoms with Crippen LogP contribution in [-0.2, 0) is 97.4 Å². The molecule has 0 spiro atoms. The quantitative estimate of drug-likeness (QED) is 0.283. The third-order valence-electron chi connectivity index (χ3n) is 0. The van der Waals surface area contributed by atoms with Crippen molar-refractivity contribution in [2.45, 2.75) is 0 Å². The summed E-state index contributed by atoms with van der Waals surface area (Å²) in [6, 6.07) is 0. The predicted octanol–water partition coefficient (Wildman–Crippen LogP) is -7.50. The van der Waals surface area contributed by atoms with Crippen molar-refractivity contribution in [3.05, 3.63) is 0 Å². The van der Waals surface area contributed by atoms with Crippen molar-refractivity contribution in [3.63, 3.8) is 0 Å². The maximum absolute atomic E-state index is 8.61. The first kappa shape index (κ1) is 24.6. The third kappa shape index (κ3) is 363. The van der Waals surface area contributed by atoms with Crippen LogP contribution in [-0.4, -0.2) is 0 Å². The molecule has 0 aromatic rings.